The lowest BCUT2D eigenvalue weighted by atomic mass is 10.2. The van der Waals surface area contributed by atoms with Crippen molar-refractivity contribution in [2.45, 2.75) is 5.16 Å². The number of para-hydroxylation sites is 1. The van der Waals surface area contributed by atoms with Crippen molar-refractivity contribution < 1.29 is 18.3 Å². The van der Waals surface area contributed by atoms with Crippen LogP contribution in [-0.4, -0.2) is 33.5 Å². The van der Waals surface area contributed by atoms with Gasteiger partial charge in [-0.25, -0.2) is 8.78 Å². The molecule has 0 unspecified atom stereocenters. The molecule has 0 aliphatic rings. The highest BCUT2D eigenvalue weighted by Crippen LogP contribution is 2.29. The zero-order chi connectivity index (χ0) is 22.5. The van der Waals surface area contributed by atoms with Gasteiger partial charge in [0.1, 0.15) is 17.4 Å². The molecule has 0 atom stereocenters. The van der Waals surface area contributed by atoms with E-state index in [0.29, 0.717) is 11.0 Å². The van der Waals surface area contributed by atoms with Crippen molar-refractivity contribution in [2.24, 2.45) is 0 Å². The topological polar surface area (TPSA) is 69.0 Å². The maximum Gasteiger partial charge on any atom is 0.234 e. The molecule has 3 aromatic carbocycles. The Morgan fingerprint density at radius 3 is 2.47 bits per heavy atom. The van der Waals surface area contributed by atoms with E-state index in [2.05, 4.69) is 15.5 Å². The van der Waals surface area contributed by atoms with Crippen LogP contribution in [0.2, 0.25) is 0 Å². The summed E-state index contributed by atoms with van der Waals surface area (Å²) in [5.74, 6) is -0.710. The van der Waals surface area contributed by atoms with Crippen LogP contribution in [0.25, 0.3) is 17.1 Å². The first-order valence-corrected chi connectivity index (χ1v) is 10.6. The molecule has 1 amide bonds. The van der Waals surface area contributed by atoms with Crippen molar-refractivity contribution in [3.8, 4) is 22.8 Å². The number of nitrogens with zero attached hydrogens (tertiary/aromatic N) is 3. The predicted octanol–water partition coefficient (Wildman–Crippen LogP) is 4.95. The van der Waals surface area contributed by atoms with Gasteiger partial charge in [-0.05, 0) is 48.5 Å². The molecule has 1 N–H and O–H groups in total. The second kappa shape index (κ2) is 9.61. The van der Waals surface area contributed by atoms with Crippen molar-refractivity contribution in [3.05, 3.63) is 84.4 Å². The number of nitrogens with one attached hydrogen (secondary N) is 1. The Kier molecular flexibility index (Phi) is 6.46. The van der Waals surface area contributed by atoms with E-state index in [-0.39, 0.29) is 11.4 Å². The van der Waals surface area contributed by atoms with Crippen molar-refractivity contribution >= 4 is 23.4 Å². The Morgan fingerprint density at radius 2 is 1.78 bits per heavy atom. The molecule has 0 bridgehead atoms. The summed E-state index contributed by atoms with van der Waals surface area (Å²) in [6.07, 6.45) is 0. The number of rotatable bonds is 7. The SMILES string of the molecule is COc1ccc(-c2nnc(SCC(=O)Nc3ccc(F)cc3F)n2-c2ccccc2)cc1. The fourth-order valence-corrected chi connectivity index (χ4v) is 3.76. The third-order valence-electron chi connectivity index (χ3n) is 4.53. The third-order valence-corrected chi connectivity index (χ3v) is 5.46. The van der Waals surface area contributed by atoms with E-state index in [4.69, 9.17) is 4.74 Å². The van der Waals surface area contributed by atoms with Crippen LogP contribution in [0.3, 0.4) is 0 Å². The second-order valence-electron chi connectivity index (χ2n) is 6.67. The van der Waals surface area contributed by atoms with Crippen molar-refractivity contribution in [1.82, 2.24) is 14.8 Å². The van der Waals surface area contributed by atoms with Gasteiger partial charge in [-0.1, -0.05) is 30.0 Å². The lowest BCUT2D eigenvalue weighted by Gasteiger charge is -2.11. The zero-order valence-electron chi connectivity index (χ0n) is 17.0. The average molecular weight is 452 g/mol. The number of amides is 1. The molecule has 0 saturated heterocycles. The van der Waals surface area contributed by atoms with Gasteiger partial charge in [0.25, 0.3) is 0 Å². The summed E-state index contributed by atoms with van der Waals surface area (Å²) in [6, 6.07) is 19.9. The second-order valence-corrected chi connectivity index (χ2v) is 7.61. The molecule has 0 aliphatic heterocycles. The monoisotopic (exact) mass is 452 g/mol. The minimum absolute atomic E-state index is 0.0373. The number of thioether (sulfide) groups is 1. The highest BCUT2D eigenvalue weighted by Gasteiger charge is 2.18. The first kappa shape index (κ1) is 21.5. The molecule has 0 spiro atoms. The fourth-order valence-electron chi connectivity index (χ4n) is 3.01. The molecule has 32 heavy (non-hydrogen) atoms. The van der Waals surface area contributed by atoms with Gasteiger partial charge >= 0.3 is 0 Å². The summed E-state index contributed by atoms with van der Waals surface area (Å²) < 4.78 is 33.9. The van der Waals surface area contributed by atoms with Gasteiger partial charge in [0, 0.05) is 17.3 Å². The normalized spacial score (nSPS) is 10.7. The fraction of sp³-hybridized carbons (Fsp3) is 0.0870. The Hall–Kier alpha value is -3.72. The van der Waals surface area contributed by atoms with Gasteiger partial charge in [-0.15, -0.1) is 10.2 Å². The minimum Gasteiger partial charge on any atom is -0.497 e. The Bertz CT molecular complexity index is 1230. The molecule has 9 heteroatoms. The molecular weight excluding hydrogens is 434 g/mol. The van der Waals surface area contributed by atoms with Gasteiger partial charge in [0.2, 0.25) is 5.91 Å². The van der Waals surface area contributed by atoms with Gasteiger partial charge in [-0.3, -0.25) is 9.36 Å². The summed E-state index contributed by atoms with van der Waals surface area (Å²) in [7, 11) is 1.60. The number of carbonyl (C=O) groups excluding carboxylic acids is 1. The molecule has 0 radical (unpaired) electrons. The van der Waals surface area contributed by atoms with Crippen LogP contribution in [0.1, 0.15) is 0 Å². The number of anilines is 1. The highest BCUT2D eigenvalue weighted by molar-refractivity contribution is 7.99. The van der Waals surface area contributed by atoms with Crippen LogP contribution in [0, 0.1) is 11.6 Å². The quantitative estimate of drug-likeness (QED) is 0.402. The average Bonchev–Trinajstić information content (AvgIpc) is 3.24. The number of benzene rings is 3. The maximum absolute atomic E-state index is 13.8. The summed E-state index contributed by atoms with van der Waals surface area (Å²) in [5, 5.41) is 11.5. The molecule has 6 nitrogen and oxygen atoms in total. The lowest BCUT2D eigenvalue weighted by Crippen LogP contribution is -2.15. The number of ether oxygens (including phenoxy) is 1. The zero-order valence-corrected chi connectivity index (χ0v) is 17.8. The van der Waals surface area contributed by atoms with Crippen LogP contribution in [0.4, 0.5) is 14.5 Å². The minimum atomic E-state index is -0.836. The molecule has 1 heterocycles. The number of halogens is 2. The van der Waals surface area contributed by atoms with E-state index in [1.54, 1.807) is 7.11 Å². The summed E-state index contributed by atoms with van der Waals surface area (Å²) in [4.78, 5) is 12.4. The lowest BCUT2D eigenvalue weighted by molar-refractivity contribution is -0.113. The third kappa shape index (κ3) is 4.78. The Morgan fingerprint density at radius 1 is 1.03 bits per heavy atom. The number of carbonyl (C=O) groups is 1. The van der Waals surface area contributed by atoms with Gasteiger partial charge in [-0.2, -0.15) is 0 Å². The molecule has 0 saturated carbocycles. The van der Waals surface area contributed by atoms with Gasteiger partial charge in [0.05, 0.1) is 18.6 Å². The highest BCUT2D eigenvalue weighted by atomic mass is 32.2. The van der Waals surface area contributed by atoms with Crippen LogP contribution >= 0.6 is 11.8 Å². The van der Waals surface area contributed by atoms with Crippen LogP contribution in [-0.2, 0) is 4.79 Å². The van der Waals surface area contributed by atoms with Crippen LogP contribution in [0.15, 0.2) is 78.0 Å². The van der Waals surface area contributed by atoms with Gasteiger partial charge < -0.3 is 10.1 Å². The molecule has 0 aliphatic carbocycles. The number of hydrogen-bond donors (Lipinski definition) is 1. The van der Waals surface area contributed by atoms with Crippen molar-refractivity contribution in [1.29, 1.82) is 0 Å². The van der Waals surface area contributed by atoms with E-state index in [0.717, 1.165) is 40.9 Å². The predicted molar refractivity (Wildman–Crippen MR) is 119 cm³/mol. The number of methoxy groups -OCH3 is 1. The molecule has 1 aromatic heterocycles. The molecule has 162 valence electrons. The first-order chi connectivity index (χ1) is 15.5. The Labute approximate surface area is 187 Å². The standard InChI is InChI=1S/C23H18F2N4O2S/c1-31-18-10-7-15(8-11-18)22-27-28-23(29(22)17-5-3-2-4-6-17)32-14-21(30)26-20-12-9-16(24)13-19(20)25/h2-13H,14H2,1H3,(H,26,30). The van der Waals surface area contributed by atoms with Crippen LogP contribution in [0.5, 0.6) is 5.75 Å². The van der Waals surface area contributed by atoms with E-state index in [1.807, 2.05) is 59.2 Å². The molecule has 4 rings (SSSR count). The van der Waals surface area contributed by atoms with Crippen molar-refractivity contribution in [2.75, 3.05) is 18.2 Å². The molecule has 4 aromatic rings. The van der Waals surface area contributed by atoms with Gasteiger partial charge in [0.15, 0.2) is 11.0 Å². The summed E-state index contributed by atoms with van der Waals surface area (Å²) in [5.41, 5.74) is 1.57. The van der Waals surface area contributed by atoms with Crippen molar-refractivity contribution in [3.63, 3.8) is 0 Å². The van der Waals surface area contributed by atoms with E-state index in [9.17, 15) is 13.6 Å². The largest absolute Gasteiger partial charge is 0.497 e. The summed E-state index contributed by atoms with van der Waals surface area (Å²) >= 11 is 1.16. The maximum atomic E-state index is 13.8. The molecular formula is C23H18F2N4O2S. The van der Waals surface area contributed by atoms with E-state index < -0.39 is 17.5 Å². The smallest absolute Gasteiger partial charge is 0.234 e. The summed E-state index contributed by atoms with van der Waals surface area (Å²) in [6.45, 7) is 0. The van der Waals surface area contributed by atoms with E-state index in [1.165, 1.54) is 6.07 Å². The first-order valence-electron chi connectivity index (χ1n) is 9.58. The number of hydrogen-bond acceptors (Lipinski definition) is 5. The number of aromatic nitrogens is 3. The van der Waals surface area contributed by atoms with Crippen LogP contribution < -0.4 is 10.1 Å². The Balaban J connectivity index is 1.58. The molecule has 0 fully saturated rings. The van der Waals surface area contributed by atoms with E-state index >= 15 is 0 Å².